The second-order valence-corrected chi connectivity index (χ2v) is 9.83. The van der Waals surface area contributed by atoms with Gasteiger partial charge in [0.05, 0.1) is 20.6 Å². The predicted octanol–water partition coefficient (Wildman–Crippen LogP) is 4.54. The molecule has 0 aliphatic heterocycles. The molecule has 24 heavy (non-hydrogen) atoms. The van der Waals surface area contributed by atoms with Gasteiger partial charge in [-0.25, -0.2) is 0 Å². The van der Waals surface area contributed by atoms with Gasteiger partial charge in [-0.1, -0.05) is 58.0 Å². The fraction of sp³-hybridized carbons (Fsp3) is 0.682. The summed E-state index contributed by atoms with van der Waals surface area (Å²) in [6.07, 6.45) is 2.32. The number of Topliss-reactive ketones (excluding diaryl/α,β-unsaturated/α-hetero) is 1. The lowest BCUT2D eigenvalue weighted by Crippen LogP contribution is -2.46. The van der Waals surface area contributed by atoms with E-state index in [0.29, 0.717) is 17.6 Å². The van der Waals surface area contributed by atoms with E-state index in [1.165, 1.54) is 12.0 Å². The molecule has 2 aliphatic carbocycles. The summed E-state index contributed by atoms with van der Waals surface area (Å²) < 4.78 is 0.943. The molecule has 0 spiro atoms. The van der Waals surface area contributed by atoms with Crippen LogP contribution in [0.1, 0.15) is 46.1 Å². The van der Waals surface area contributed by atoms with E-state index in [2.05, 4.69) is 72.1 Å². The highest BCUT2D eigenvalue weighted by molar-refractivity contribution is 5.91. The van der Waals surface area contributed by atoms with E-state index < -0.39 is 0 Å². The SMILES string of the molecule is CC(C[N+](C)(C)Cc1ccccc1)C1C(=O)C2(C)CCC1C2(C)C. The summed E-state index contributed by atoms with van der Waals surface area (Å²) in [6.45, 7) is 11.3. The number of carbonyl (C=O) groups is 1. The molecule has 3 rings (SSSR count). The molecule has 4 atom stereocenters. The van der Waals surface area contributed by atoms with Gasteiger partial charge in [0.25, 0.3) is 0 Å². The Kier molecular flexibility index (Phi) is 4.19. The molecule has 0 radical (unpaired) electrons. The number of ketones is 1. The summed E-state index contributed by atoms with van der Waals surface area (Å²) in [7, 11) is 4.60. The first-order valence-electron chi connectivity index (χ1n) is 9.49. The van der Waals surface area contributed by atoms with Crippen LogP contribution in [0.3, 0.4) is 0 Å². The van der Waals surface area contributed by atoms with E-state index >= 15 is 0 Å². The smallest absolute Gasteiger partial charge is 0.143 e. The van der Waals surface area contributed by atoms with E-state index in [1.807, 2.05) is 0 Å². The first kappa shape index (κ1) is 17.7. The fourth-order valence-corrected chi connectivity index (χ4v) is 5.85. The molecule has 132 valence electrons. The van der Waals surface area contributed by atoms with Crippen molar-refractivity contribution < 1.29 is 9.28 Å². The van der Waals surface area contributed by atoms with Gasteiger partial charge >= 0.3 is 0 Å². The Hall–Kier alpha value is -1.15. The molecule has 0 N–H and O–H groups in total. The Morgan fingerprint density at radius 1 is 1.17 bits per heavy atom. The van der Waals surface area contributed by atoms with Crippen molar-refractivity contribution in [3.63, 3.8) is 0 Å². The van der Waals surface area contributed by atoms with Gasteiger partial charge in [-0.3, -0.25) is 4.79 Å². The van der Waals surface area contributed by atoms with Gasteiger partial charge in [-0.15, -0.1) is 0 Å². The van der Waals surface area contributed by atoms with Crippen molar-refractivity contribution in [2.75, 3.05) is 20.6 Å². The summed E-state index contributed by atoms with van der Waals surface area (Å²) in [5.41, 5.74) is 1.45. The van der Waals surface area contributed by atoms with E-state index in [0.717, 1.165) is 24.0 Å². The van der Waals surface area contributed by atoms with Crippen molar-refractivity contribution in [2.24, 2.45) is 28.6 Å². The van der Waals surface area contributed by atoms with E-state index in [-0.39, 0.29) is 16.7 Å². The van der Waals surface area contributed by atoms with Crippen LogP contribution >= 0.6 is 0 Å². The molecule has 2 aliphatic rings. The maximum atomic E-state index is 13.2. The van der Waals surface area contributed by atoms with Gasteiger partial charge < -0.3 is 4.48 Å². The van der Waals surface area contributed by atoms with Crippen molar-refractivity contribution in [3.05, 3.63) is 35.9 Å². The molecule has 0 heterocycles. The van der Waals surface area contributed by atoms with Crippen molar-refractivity contribution in [1.82, 2.24) is 0 Å². The number of fused-ring (bicyclic) bond motifs is 2. The third-order valence-corrected chi connectivity index (χ3v) is 7.43. The lowest BCUT2D eigenvalue weighted by atomic mass is 9.70. The van der Waals surface area contributed by atoms with Crippen molar-refractivity contribution in [2.45, 2.75) is 47.1 Å². The fourth-order valence-electron chi connectivity index (χ4n) is 5.85. The second-order valence-electron chi connectivity index (χ2n) is 9.83. The minimum Gasteiger partial charge on any atom is -0.324 e. The minimum absolute atomic E-state index is 0.0901. The van der Waals surface area contributed by atoms with Crippen LogP contribution in [0.15, 0.2) is 30.3 Å². The lowest BCUT2D eigenvalue weighted by Gasteiger charge is -2.37. The van der Waals surface area contributed by atoms with Gasteiger partial charge in [0.1, 0.15) is 12.3 Å². The molecule has 2 bridgehead atoms. The van der Waals surface area contributed by atoms with Crippen LogP contribution in [-0.4, -0.2) is 30.9 Å². The molecule has 2 fully saturated rings. The van der Waals surface area contributed by atoms with Crippen molar-refractivity contribution in [1.29, 1.82) is 0 Å². The van der Waals surface area contributed by atoms with Crippen LogP contribution in [-0.2, 0) is 11.3 Å². The average molecular weight is 329 g/mol. The van der Waals surface area contributed by atoms with Crippen LogP contribution < -0.4 is 0 Å². The Morgan fingerprint density at radius 3 is 2.33 bits per heavy atom. The summed E-state index contributed by atoms with van der Waals surface area (Å²) >= 11 is 0. The number of hydrogen-bond donors (Lipinski definition) is 0. The highest BCUT2D eigenvalue weighted by Gasteiger charge is 2.67. The molecule has 2 saturated carbocycles. The van der Waals surface area contributed by atoms with Crippen molar-refractivity contribution >= 4 is 5.78 Å². The standard InChI is InChI=1S/C22H34NO/c1-16(14-23(5,6)15-17-10-8-7-9-11-17)19-18-12-13-22(4,20(19)24)21(18,2)3/h7-11,16,18-19H,12-15H2,1-6H3/q+1. The third-order valence-electron chi connectivity index (χ3n) is 7.43. The van der Waals surface area contributed by atoms with Gasteiger partial charge in [0.2, 0.25) is 0 Å². The van der Waals surface area contributed by atoms with Gasteiger partial charge in [0, 0.05) is 22.8 Å². The first-order chi connectivity index (χ1) is 11.1. The van der Waals surface area contributed by atoms with Crippen LogP contribution in [0.4, 0.5) is 0 Å². The molecule has 2 heteroatoms. The van der Waals surface area contributed by atoms with Crippen LogP contribution in [0.2, 0.25) is 0 Å². The third kappa shape index (κ3) is 2.63. The summed E-state index contributed by atoms with van der Waals surface area (Å²) in [6, 6.07) is 10.7. The van der Waals surface area contributed by atoms with E-state index in [4.69, 9.17) is 0 Å². The quantitative estimate of drug-likeness (QED) is 0.725. The highest BCUT2D eigenvalue weighted by atomic mass is 16.1. The Labute approximate surface area is 147 Å². The van der Waals surface area contributed by atoms with Gasteiger partial charge in [0.15, 0.2) is 0 Å². The maximum Gasteiger partial charge on any atom is 0.143 e. The van der Waals surface area contributed by atoms with Crippen molar-refractivity contribution in [3.8, 4) is 0 Å². The molecular weight excluding hydrogens is 294 g/mol. The van der Waals surface area contributed by atoms with Crippen LogP contribution in [0.5, 0.6) is 0 Å². The summed E-state index contributed by atoms with van der Waals surface area (Å²) in [4.78, 5) is 13.2. The normalized spacial score (nSPS) is 33.0. The molecule has 0 aromatic heterocycles. The highest BCUT2D eigenvalue weighted by Crippen LogP contribution is 2.67. The molecule has 1 aromatic carbocycles. The number of hydrogen-bond acceptors (Lipinski definition) is 1. The number of carbonyl (C=O) groups excluding carboxylic acids is 1. The predicted molar refractivity (Wildman–Crippen MR) is 99.4 cm³/mol. The van der Waals surface area contributed by atoms with E-state index in [1.54, 1.807) is 0 Å². The number of nitrogens with zero attached hydrogens (tertiary/aromatic N) is 1. The zero-order valence-electron chi connectivity index (χ0n) is 16.3. The van der Waals surface area contributed by atoms with Gasteiger partial charge in [-0.2, -0.15) is 0 Å². The summed E-state index contributed by atoms with van der Waals surface area (Å²) in [5.74, 6) is 1.83. The van der Waals surface area contributed by atoms with Crippen LogP contribution in [0, 0.1) is 28.6 Å². The van der Waals surface area contributed by atoms with E-state index in [9.17, 15) is 4.79 Å². The minimum atomic E-state index is -0.0901. The Morgan fingerprint density at radius 2 is 1.79 bits per heavy atom. The molecule has 0 saturated heterocycles. The molecule has 2 nitrogen and oxygen atoms in total. The number of rotatable bonds is 5. The monoisotopic (exact) mass is 328 g/mol. The zero-order valence-corrected chi connectivity index (χ0v) is 16.3. The maximum absolute atomic E-state index is 13.2. The molecule has 1 aromatic rings. The van der Waals surface area contributed by atoms with Gasteiger partial charge in [-0.05, 0) is 24.2 Å². The zero-order chi connectivity index (χ0) is 17.8. The molecule has 0 amide bonds. The number of quaternary nitrogens is 1. The first-order valence-corrected chi connectivity index (χ1v) is 9.49. The summed E-state index contributed by atoms with van der Waals surface area (Å²) in [5, 5.41) is 0. The number of benzene rings is 1. The Bertz CT molecular complexity index is 618. The average Bonchev–Trinajstić information content (AvgIpc) is 2.79. The second kappa shape index (κ2) is 5.69. The largest absolute Gasteiger partial charge is 0.324 e. The lowest BCUT2D eigenvalue weighted by molar-refractivity contribution is -0.907. The Balaban J connectivity index is 1.73. The molecular formula is C22H34NO+. The van der Waals surface area contributed by atoms with Crippen LogP contribution in [0.25, 0.3) is 0 Å². The molecule has 4 unspecified atom stereocenters. The topological polar surface area (TPSA) is 17.1 Å².